The second-order valence-electron chi connectivity index (χ2n) is 11.5. The number of nitrogens with zero attached hydrogens (tertiary/aromatic N) is 6. The normalized spacial score (nSPS) is 24.3. The van der Waals surface area contributed by atoms with Crippen molar-refractivity contribution in [3.63, 3.8) is 0 Å². The van der Waals surface area contributed by atoms with Crippen molar-refractivity contribution in [2.24, 2.45) is 30.9 Å². The maximum atomic E-state index is 17.3. The van der Waals surface area contributed by atoms with Gasteiger partial charge in [-0.25, -0.2) is 0 Å². The van der Waals surface area contributed by atoms with Gasteiger partial charge in [0.1, 0.15) is 28.6 Å². The quantitative estimate of drug-likeness (QED) is 0.167. The third-order valence-electron chi connectivity index (χ3n) is 7.56. The second-order valence-corrected chi connectivity index (χ2v) is 12.5. The van der Waals surface area contributed by atoms with E-state index in [9.17, 15) is 0 Å². The van der Waals surface area contributed by atoms with Gasteiger partial charge in [0.2, 0.25) is 0 Å². The van der Waals surface area contributed by atoms with Gasteiger partial charge in [-0.05, 0) is 19.1 Å². The summed E-state index contributed by atoms with van der Waals surface area (Å²) in [4.78, 5) is 0.642. The predicted octanol–water partition coefficient (Wildman–Crippen LogP) is 8.02. The van der Waals surface area contributed by atoms with Gasteiger partial charge in [-0.1, -0.05) is 151 Å². The largest absolute Gasteiger partial charge is 0.812 e. The van der Waals surface area contributed by atoms with E-state index in [2.05, 4.69) is 30.9 Å². The lowest BCUT2D eigenvalue weighted by Gasteiger charge is -2.30. The van der Waals surface area contributed by atoms with Crippen molar-refractivity contribution >= 4 is 59.4 Å². The standard InChI is InChI=1S/C37H28B2F2N6O6S/c1-27-37(54-32-25-15-6-16-26-32)47-53-39(41)51-45-35(30-21-11-4-12-22-30)33(28-17-7-2-8-18-28)43-49-38(40,48-42-27)50-44-34(29-19-9-3-10-20-29)36(46-52-39)31-23-13-5-14-24-31/h2-26H,1H3/q-2/b42-27-,43-33-,44-34?,45-35?,46-36-,47-37+. The van der Waals surface area contributed by atoms with Crippen LogP contribution in [0.3, 0.4) is 0 Å². The molecule has 8 rings (SSSR count). The summed E-state index contributed by atoms with van der Waals surface area (Å²) >= 11 is 0.992. The van der Waals surface area contributed by atoms with E-state index in [1.54, 1.807) is 146 Å². The molecule has 0 amide bonds. The van der Waals surface area contributed by atoms with Crippen LogP contribution in [0.4, 0.5) is 8.63 Å². The molecule has 2 atom stereocenters. The smallest absolute Gasteiger partial charge is 0.510 e. The fraction of sp³-hybridized carbons (Fsp3) is 0.0270. The summed E-state index contributed by atoms with van der Waals surface area (Å²) in [6.45, 7) is 1.41. The summed E-state index contributed by atoms with van der Waals surface area (Å²) in [6.07, 6.45) is 0. The second kappa shape index (κ2) is 16.3. The van der Waals surface area contributed by atoms with Crippen molar-refractivity contribution in [3.8, 4) is 0 Å². The molecule has 5 aromatic rings. The number of rotatable bonds is 5. The van der Waals surface area contributed by atoms with Crippen LogP contribution in [0.15, 0.2) is 187 Å². The van der Waals surface area contributed by atoms with E-state index < -0.39 is 14.1 Å². The van der Waals surface area contributed by atoms with Crippen molar-refractivity contribution in [3.05, 3.63) is 174 Å². The highest BCUT2D eigenvalue weighted by Crippen LogP contribution is 2.26. The molecule has 3 aliphatic rings. The van der Waals surface area contributed by atoms with Crippen LogP contribution in [0.5, 0.6) is 0 Å². The van der Waals surface area contributed by atoms with Gasteiger partial charge in [-0.15, -0.1) is 30.9 Å². The number of halogens is 2. The number of oxime groups is 6. The molecule has 5 aromatic carbocycles. The zero-order chi connectivity index (χ0) is 37.2. The van der Waals surface area contributed by atoms with E-state index in [0.29, 0.717) is 27.1 Å². The van der Waals surface area contributed by atoms with Crippen LogP contribution in [0.2, 0.25) is 0 Å². The van der Waals surface area contributed by atoms with Crippen LogP contribution in [-0.4, -0.2) is 47.7 Å². The Morgan fingerprint density at radius 3 is 1.00 bits per heavy atom. The topological polar surface area (TPSA) is 130 Å². The van der Waals surface area contributed by atoms with Crippen molar-refractivity contribution in [1.29, 1.82) is 0 Å². The molecule has 0 saturated carbocycles. The minimum atomic E-state index is -4.55. The number of fused-ring (bicyclic) bond motifs is 9. The van der Waals surface area contributed by atoms with Gasteiger partial charge in [0.15, 0.2) is 5.04 Å². The third-order valence-corrected chi connectivity index (χ3v) is 8.63. The first-order valence-corrected chi connectivity index (χ1v) is 17.3. The van der Waals surface area contributed by atoms with E-state index in [0.717, 1.165) is 11.8 Å². The van der Waals surface area contributed by atoms with E-state index in [-0.39, 0.29) is 33.6 Å². The summed E-state index contributed by atoms with van der Waals surface area (Å²) in [5, 5.41) is 24.4. The Balaban J connectivity index is 1.48. The number of hydrogen-bond donors (Lipinski definition) is 0. The maximum absolute atomic E-state index is 17.3. The molecule has 0 radical (unpaired) electrons. The minimum Gasteiger partial charge on any atom is -0.510 e. The molecule has 12 nitrogen and oxygen atoms in total. The Bertz CT molecular complexity index is 2140. The molecule has 0 spiro atoms. The van der Waals surface area contributed by atoms with Crippen LogP contribution in [0.1, 0.15) is 29.2 Å². The Kier molecular flexibility index (Phi) is 10.8. The Labute approximate surface area is 312 Å². The monoisotopic (exact) mass is 744 g/mol. The molecule has 17 heteroatoms. The van der Waals surface area contributed by atoms with Crippen molar-refractivity contribution in [2.45, 2.75) is 11.8 Å². The molecular formula is C37H28B2F2N6O6S-2. The Morgan fingerprint density at radius 2 is 0.667 bits per heavy atom. The van der Waals surface area contributed by atoms with E-state index in [4.69, 9.17) is 28.5 Å². The molecule has 3 heterocycles. The molecule has 0 saturated heterocycles. The van der Waals surface area contributed by atoms with Crippen LogP contribution >= 0.6 is 11.8 Å². The first-order valence-electron chi connectivity index (χ1n) is 16.5. The third kappa shape index (κ3) is 8.65. The van der Waals surface area contributed by atoms with Gasteiger partial charge >= 0.3 is 14.1 Å². The Morgan fingerprint density at radius 1 is 0.389 bits per heavy atom. The summed E-state index contributed by atoms with van der Waals surface area (Å²) in [7, 11) is -9.08. The molecule has 3 aliphatic heterocycles. The maximum Gasteiger partial charge on any atom is 0.812 e. The van der Waals surface area contributed by atoms with Gasteiger partial charge in [-0.3, -0.25) is 0 Å². The minimum absolute atomic E-state index is 0.0892. The fourth-order valence-corrected chi connectivity index (χ4v) is 5.73. The lowest BCUT2D eigenvalue weighted by Crippen LogP contribution is -2.41. The van der Waals surface area contributed by atoms with Gasteiger partial charge in [0.05, 0.1) is 0 Å². The number of thioether (sulfide) groups is 1. The highest BCUT2D eigenvalue weighted by atomic mass is 32.2. The zero-order valence-corrected chi connectivity index (χ0v) is 29.2. The van der Waals surface area contributed by atoms with Crippen molar-refractivity contribution in [1.82, 2.24) is 0 Å². The average molecular weight is 744 g/mol. The highest BCUT2D eigenvalue weighted by molar-refractivity contribution is 8.15. The average Bonchev–Trinajstić information content (AvgIpc) is 3.22. The molecule has 0 aromatic heterocycles. The first-order chi connectivity index (χ1) is 26.4. The summed E-state index contributed by atoms with van der Waals surface area (Å²) in [5.74, 6) is 0. The lowest BCUT2D eigenvalue weighted by atomic mass is 10.00. The molecule has 0 N–H and O–H groups in total. The summed E-state index contributed by atoms with van der Waals surface area (Å²) < 4.78 is 67.3. The SMILES string of the molecule is CC1=N/O[B-]2(F)ON=C(c3ccccc3)/C(c3ccccc3)=N\O[B-](F)(ON=C(c3ccccc3)/C(c3ccccc3)=N\O2)O/N=C\1Sc1ccccc1. The van der Waals surface area contributed by atoms with Gasteiger partial charge in [0.25, 0.3) is 0 Å². The first kappa shape index (κ1) is 35.7. The highest BCUT2D eigenvalue weighted by Gasteiger charge is 2.44. The Hall–Kier alpha value is -6.74. The molecule has 0 fully saturated rings. The predicted molar refractivity (Wildman–Crippen MR) is 205 cm³/mol. The van der Waals surface area contributed by atoms with Crippen LogP contribution < -0.4 is 0 Å². The number of hydrogen-bond acceptors (Lipinski definition) is 13. The van der Waals surface area contributed by atoms with Crippen molar-refractivity contribution < 1.29 is 37.2 Å². The van der Waals surface area contributed by atoms with Crippen LogP contribution in [0.25, 0.3) is 0 Å². The molecular weight excluding hydrogens is 716 g/mol. The van der Waals surface area contributed by atoms with Crippen molar-refractivity contribution in [2.75, 3.05) is 0 Å². The fourth-order valence-electron chi connectivity index (χ4n) is 4.94. The van der Waals surface area contributed by atoms with E-state index >= 15 is 8.63 Å². The van der Waals surface area contributed by atoms with Crippen LogP contribution in [-0.2, 0) is 28.5 Å². The van der Waals surface area contributed by atoms with E-state index in [1.807, 2.05) is 6.07 Å². The van der Waals surface area contributed by atoms with Gasteiger partial charge in [-0.2, -0.15) is 0 Å². The van der Waals surface area contributed by atoms with Gasteiger partial charge < -0.3 is 37.2 Å². The van der Waals surface area contributed by atoms with E-state index in [1.165, 1.54) is 6.92 Å². The summed E-state index contributed by atoms with van der Waals surface area (Å²) in [5.41, 5.74) is 0.820. The summed E-state index contributed by atoms with van der Waals surface area (Å²) in [6, 6.07) is 42.7. The molecule has 2 unspecified atom stereocenters. The molecule has 270 valence electrons. The molecule has 54 heavy (non-hydrogen) atoms. The molecule has 2 bridgehead atoms. The molecule has 0 aliphatic carbocycles. The number of benzene rings is 5. The van der Waals surface area contributed by atoms with Gasteiger partial charge in [0, 0.05) is 27.1 Å². The lowest BCUT2D eigenvalue weighted by molar-refractivity contribution is 0.0219. The zero-order valence-electron chi connectivity index (χ0n) is 28.4. The van der Waals surface area contributed by atoms with Crippen LogP contribution in [0, 0.1) is 0 Å².